The number of hydrogen-bond acceptors (Lipinski definition) is 4. The van der Waals surface area contributed by atoms with Gasteiger partial charge in [0.1, 0.15) is 5.69 Å². The summed E-state index contributed by atoms with van der Waals surface area (Å²) in [5.74, 6) is 0.592. The van der Waals surface area contributed by atoms with Crippen LogP contribution in [0.4, 0.5) is 5.69 Å². The minimum absolute atomic E-state index is 0.0817. The first kappa shape index (κ1) is 15.2. The van der Waals surface area contributed by atoms with Crippen LogP contribution in [-0.4, -0.2) is 15.3 Å². The van der Waals surface area contributed by atoms with Crippen molar-refractivity contribution < 1.29 is 4.79 Å². The number of carbonyl (C=O) groups excluding carboxylic acids is 1. The highest BCUT2D eigenvalue weighted by Gasteiger charge is 2.18. The van der Waals surface area contributed by atoms with Gasteiger partial charge in [0.25, 0.3) is 5.56 Å². The number of aryl methyl sites for hydroxylation is 2. The number of rotatable bonds is 4. The minimum Gasteiger partial charge on any atom is -0.320 e. The van der Waals surface area contributed by atoms with E-state index in [1.54, 1.807) is 11.3 Å². The lowest BCUT2D eigenvalue weighted by molar-refractivity contribution is -0.116. The largest absolute Gasteiger partial charge is 0.320 e. The van der Waals surface area contributed by atoms with Gasteiger partial charge in [-0.25, -0.2) is 4.98 Å². The molecule has 1 aliphatic carbocycles. The molecule has 3 rings (SSSR count). The van der Waals surface area contributed by atoms with Gasteiger partial charge in [-0.15, -0.1) is 11.3 Å². The van der Waals surface area contributed by atoms with Crippen molar-refractivity contribution in [1.82, 2.24) is 9.38 Å². The van der Waals surface area contributed by atoms with Crippen molar-refractivity contribution in [3.05, 3.63) is 27.1 Å². The number of nitrogens with zero attached hydrogens (tertiary/aromatic N) is 2. The smallest absolute Gasteiger partial charge is 0.282 e. The Morgan fingerprint density at radius 3 is 2.86 bits per heavy atom. The Hall–Kier alpha value is -1.69. The third-order valence-electron chi connectivity index (χ3n) is 4.44. The van der Waals surface area contributed by atoms with Gasteiger partial charge in [0, 0.05) is 17.5 Å². The minimum atomic E-state index is -0.185. The maximum absolute atomic E-state index is 12.5. The first-order chi connectivity index (χ1) is 10.6. The maximum atomic E-state index is 12.5. The molecule has 1 N–H and O–H groups in total. The summed E-state index contributed by atoms with van der Waals surface area (Å²) in [4.78, 5) is 29.8. The molecule has 0 aliphatic heterocycles. The average molecular weight is 319 g/mol. The van der Waals surface area contributed by atoms with Crippen molar-refractivity contribution in [2.24, 2.45) is 5.92 Å². The summed E-state index contributed by atoms with van der Waals surface area (Å²) in [7, 11) is 0. The van der Waals surface area contributed by atoms with E-state index in [1.807, 2.05) is 12.3 Å². The van der Waals surface area contributed by atoms with Gasteiger partial charge >= 0.3 is 0 Å². The van der Waals surface area contributed by atoms with E-state index in [-0.39, 0.29) is 11.5 Å². The van der Waals surface area contributed by atoms with Gasteiger partial charge in [-0.3, -0.25) is 14.0 Å². The zero-order chi connectivity index (χ0) is 15.7. The molecule has 1 aliphatic rings. The molecule has 22 heavy (non-hydrogen) atoms. The van der Waals surface area contributed by atoms with Crippen LogP contribution in [0, 0.1) is 19.8 Å². The summed E-state index contributed by atoms with van der Waals surface area (Å²) in [6.07, 6.45) is 6.43. The molecule has 0 saturated heterocycles. The van der Waals surface area contributed by atoms with Crippen LogP contribution in [0.1, 0.15) is 49.9 Å². The van der Waals surface area contributed by atoms with E-state index < -0.39 is 0 Å². The summed E-state index contributed by atoms with van der Waals surface area (Å²) in [5, 5.41) is 4.68. The predicted molar refractivity (Wildman–Crippen MR) is 88.6 cm³/mol. The quantitative estimate of drug-likeness (QED) is 0.940. The first-order valence-corrected chi connectivity index (χ1v) is 8.71. The van der Waals surface area contributed by atoms with Crippen molar-refractivity contribution in [2.75, 3.05) is 5.32 Å². The highest BCUT2D eigenvalue weighted by Crippen LogP contribution is 2.28. The molecule has 1 fully saturated rings. The highest BCUT2D eigenvalue weighted by atomic mass is 32.1. The molecule has 0 spiro atoms. The molecule has 2 heterocycles. The number of thiazole rings is 1. The Labute approximate surface area is 133 Å². The molecule has 0 bridgehead atoms. The first-order valence-electron chi connectivity index (χ1n) is 7.83. The second kappa shape index (κ2) is 6.20. The van der Waals surface area contributed by atoms with Gasteiger partial charge in [0.2, 0.25) is 5.91 Å². The topological polar surface area (TPSA) is 63.5 Å². The Kier molecular flexibility index (Phi) is 4.29. The summed E-state index contributed by atoms with van der Waals surface area (Å²) >= 11 is 1.44. The van der Waals surface area contributed by atoms with Gasteiger partial charge in [-0.2, -0.15) is 0 Å². The molecule has 2 aromatic heterocycles. The van der Waals surface area contributed by atoms with Gasteiger partial charge in [0.05, 0.1) is 5.69 Å². The second-order valence-electron chi connectivity index (χ2n) is 6.11. The van der Waals surface area contributed by atoms with Gasteiger partial charge < -0.3 is 5.32 Å². The lowest BCUT2D eigenvalue weighted by Gasteiger charge is -2.10. The van der Waals surface area contributed by atoms with Crippen molar-refractivity contribution >= 4 is 27.9 Å². The number of carbonyl (C=O) groups is 1. The summed E-state index contributed by atoms with van der Waals surface area (Å²) in [5.41, 5.74) is 1.56. The van der Waals surface area contributed by atoms with E-state index in [1.165, 1.54) is 37.0 Å². The number of amides is 1. The molecular weight excluding hydrogens is 298 g/mol. The number of fused-ring (bicyclic) bond motifs is 1. The standard InChI is InChI=1S/C16H21N3O2S/c1-10-9-22-16-17-11(2)14(15(21)19(10)16)18-13(20)8-7-12-5-3-4-6-12/h9,12H,3-8H2,1-2H3,(H,18,20). The number of aromatic nitrogens is 2. The fraction of sp³-hybridized carbons (Fsp3) is 0.562. The molecule has 0 aromatic carbocycles. The average Bonchev–Trinajstić information content (AvgIpc) is 3.11. The second-order valence-corrected chi connectivity index (χ2v) is 6.95. The van der Waals surface area contributed by atoms with Crippen LogP contribution in [0.15, 0.2) is 10.2 Å². The van der Waals surface area contributed by atoms with E-state index in [2.05, 4.69) is 10.3 Å². The van der Waals surface area contributed by atoms with E-state index in [0.717, 1.165) is 12.1 Å². The highest BCUT2D eigenvalue weighted by molar-refractivity contribution is 7.15. The van der Waals surface area contributed by atoms with Crippen molar-refractivity contribution in [2.45, 2.75) is 52.4 Å². The molecule has 5 nitrogen and oxygen atoms in total. The molecule has 118 valence electrons. The van der Waals surface area contributed by atoms with Gasteiger partial charge in [0.15, 0.2) is 4.96 Å². The van der Waals surface area contributed by atoms with Gasteiger partial charge in [-0.1, -0.05) is 25.7 Å². The van der Waals surface area contributed by atoms with Crippen molar-refractivity contribution in [1.29, 1.82) is 0 Å². The number of anilines is 1. The van der Waals surface area contributed by atoms with Crippen LogP contribution in [0.25, 0.3) is 4.96 Å². The van der Waals surface area contributed by atoms with Crippen LogP contribution in [-0.2, 0) is 4.79 Å². The zero-order valence-electron chi connectivity index (χ0n) is 13.0. The number of hydrogen-bond donors (Lipinski definition) is 1. The Balaban J connectivity index is 1.76. The van der Waals surface area contributed by atoms with Crippen LogP contribution in [0.5, 0.6) is 0 Å². The lowest BCUT2D eigenvalue weighted by Crippen LogP contribution is -2.25. The Morgan fingerprint density at radius 1 is 1.41 bits per heavy atom. The van der Waals surface area contributed by atoms with Crippen LogP contribution in [0.3, 0.4) is 0 Å². The molecule has 0 unspecified atom stereocenters. The van der Waals surface area contributed by atoms with Crippen molar-refractivity contribution in [3.8, 4) is 0 Å². The maximum Gasteiger partial charge on any atom is 0.282 e. The summed E-state index contributed by atoms with van der Waals surface area (Å²) < 4.78 is 1.56. The molecule has 2 aromatic rings. The van der Waals surface area contributed by atoms with Crippen LogP contribution in [0.2, 0.25) is 0 Å². The van der Waals surface area contributed by atoms with Crippen LogP contribution < -0.4 is 10.9 Å². The monoisotopic (exact) mass is 319 g/mol. The van der Waals surface area contributed by atoms with E-state index in [4.69, 9.17) is 0 Å². The summed E-state index contributed by atoms with van der Waals surface area (Å²) in [6, 6.07) is 0. The Morgan fingerprint density at radius 2 is 2.14 bits per heavy atom. The number of nitrogens with one attached hydrogen (secondary N) is 1. The molecule has 1 saturated carbocycles. The van der Waals surface area contributed by atoms with E-state index >= 15 is 0 Å². The van der Waals surface area contributed by atoms with E-state index in [0.29, 0.717) is 28.7 Å². The molecule has 0 radical (unpaired) electrons. The fourth-order valence-corrected chi connectivity index (χ4v) is 4.07. The van der Waals surface area contributed by atoms with Gasteiger partial charge in [-0.05, 0) is 26.2 Å². The molecule has 0 atom stereocenters. The van der Waals surface area contributed by atoms with Crippen LogP contribution >= 0.6 is 11.3 Å². The molecular formula is C16H21N3O2S. The van der Waals surface area contributed by atoms with E-state index in [9.17, 15) is 9.59 Å². The third kappa shape index (κ3) is 2.92. The normalized spacial score (nSPS) is 15.5. The Bertz CT molecular complexity index is 757. The van der Waals surface area contributed by atoms with Crippen molar-refractivity contribution in [3.63, 3.8) is 0 Å². The zero-order valence-corrected chi connectivity index (χ0v) is 13.8. The fourth-order valence-electron chi connectivity index (χ4n) is 3.16. The third-order valence-corrected chi connectivity index (χ3v) is 5.38. The molecule has 6 heteroatoms. The molecule has 1 amide bonds. The lowest BCUT2D eigenvalue weighted by atomic mass is 10.0. The SMILES string of the molecule is Cc1nc2scc(C)n2c(=O)c1NC(=O)CCC1CCCC1. The predicted octanol–water partition coefficient (Wildman–Crippen LogP) is 3.28. The summed E-state index contributed by atoms with van der Waals surface area (Å²) in [6.45, 7) is 3.64.